The topological polar surface area (TPSA) is 31.8 Å². The number of nitrogens with zero attached hydrogens (tertiary/aromatic N) is 4. The zero-order chi connectivity index (χ0) is 24.1. The smallest absolute Gasteiger partial charge is 0.136 e. The molecule has 0 radical (unpaired) electrons. The number of ether oxygens (including phenoxy) is 1. The molecular weight excluding hydrogens is 427 g/mol. The standard InChI is InChI=1S/C24H31FN4.C4H8O/c1-18-5-3-7-21(25)22(18)20-6-4-10-26-23(20)29-13-11-28(12-14-29)19-8-9-24(15-19)16-27(2)17-24;1-3-5-4-2/h3-7,10,19H,8-9,11-17H2,1-2H3;3H,1,4H2,2H3. The Morgan fingerprint density at radius 2 is 1.94 bits per heavy atom. The second kappa shape index (κ2) is 10.9. The number of hydrogen-bond acceptors (Lipinski definition) is 5. The minimum atomic E-state index is -0.167. The van der Waals surface area contributed by atoms with Gasteiger partial charge in [0, 0.05) is 62.6 Å². The molecule has 2 saturated heterocycles. The minimum absolute atomic E-state index is 0.167. The van der Waals surface area contributed by atoms with Gasteiger partial charge in [0.15, 0.2) is 0 Å². The molecule has 6 heteroatoms. The number of halogens is 1. The van der Waals surface area contributed by atoms with Crippen LogP contribution in [0.2, 0.25) is 0 Å². The molecule has 3 heterocycles. The first-order valence-corrected chi connectivity index (χ1v) is 12.6. The van der Waals surface area contributed by atoms with Crippen LogP contribution in [0.4, 0.5) is 10.2 Å². The molecule has 2 aromatic rings. The molecule has 1 aliphatic carbocycles. The van der Waals surface area contributed by atoms with E-state index >= 15 is 0 Å². The summed E-state index contributed by atoms with van der Waals surface area (Å²) in [6.45, 7) is 14.6. The van der Waals surface area contributed by atoms with Crippen LogP contribution in [-0.4, -0.2) is 73.7 Å². The maximum absolute atomic E-state index is 14.6. The van der Waals surface area contributed by atoms with Crippen LogP contribution < -0.4 is 4.90 Å². The van der Waals surface area contributed by atoms with Crippen LogP contribution in [0.3, 0.4) is 0 Å². The first-order chi connectivity index (χ1) is 16.5. The number of pyridine rings is 1. The van der Waals surface area contributed by atoms with Crippen molar-refractivity contribution in [2.45, 2.75) is 39.2 Å². The van der Waals surface area contributed by atoms with Crippen LogP contribution in [0.25, 0.3) is 11.1 Å². The summed E-state index contributed by atoms with van der Waals surface area (Å²) in [5, 5.41) is 0. The molecule has 0 bridgehead atoms. The SMILES string of the molecule is C=COCC.Cc1cccc(F)c1-c1cccnc1N1CCN(C2CCC3(C2)CN(C)C3)CC1. The molecule has 0 amide bonds. The second-order valence-electron chi connectivity index (χ2n) is 10.0. The predicted molar refractivity (Wildman–Crippen MR) is 138 cm³/mol. The third-order valence-electron chi connectivity index (χ3n) is 7.58. The van der Waals surface area contributed by atoms with Crippen LogP contribution in [0.15, 0.2) is 49.4 Å². The Labute approximate surface area is 204 Å². The molecule has 1 spiro atoms. The normalized spacial score (nSPS) is 22.1. The zero-order valence-corrected chi connectivity index (χ0v) is 21.0. The molecule has 0 N–H and O–H groups in total. The summed E-state index contributed by atoms with van der Waals surface area (Å²) in [6.07, 6.45) is 7.35. The third kappa shape index (κ3) is 5.28. The molecule has 1 saturated carbocycles. The van der Waals surface area contributed by atoms with E-state index in [1.54, 1.807) is 12.1 Å². The fraction of sp³-hybridized carbons (Fsp3) is 0.536. The van der Waals surface area contributed by atoms with Gasteiger partial charge in [0.1, 0.15) is 11.6 Å². The Kier molecular flexibility index (Phi) is 7.89. The van der Waals surface area contributed by atoms with Gasteiger partial charge in [-0.25, -0.2) is 9.37 Å². The Morgan fingerprint density at radius 3 is 2.56 bits per heavy atom. The molecule has 5 nitrogen and oxygen atoms in total. The number of rotatable bonds is 5. The van der Waals surface area contributed by atoms with E-state index in [4.69, 9.17) is 0 Å². The second-order valence-corrected chi connectivity index (χ2v) is 10.0. The van der Waals surface area contributed by atoms with Gasteiger partial charge in [0.05, 0.1) is 12.9 Å². The minimum Gasteiger partial charge on any atom is -0.502 e. The highest BCUT2D eigenvalue weighted by atomic mass is 19.1. The molecule has 3 fully saturated rings. The number of hydrogen-bond donors (Lipinski definition) is 0. The van der Waals surface area contributed by atoms with Crippen molar-refractivity contribution in [1.29, 1.82) is 0 Å². The van der Waals surface area contributed by atoms with Crippen molar-refractivity contribution >= 4 is 5.82 Å². The van der Waals surface area contributed by atoms with Gasteiger partial charge < -0.3 is 14.5 Å². The molecule has 184 valence electrons. The first kappa shape index (κ1) is 24.7. The quantitative estimate of drug-likeness (QED) is 0.581. The Bertz CT molecular complexity index is 946. The van der Waals surface area contributed by atoms with Crippen molar-refractivity contribution in [3.05, 3.63) is 60.8 Å². The molecule has 3 aliphatic rings. The highest BCUT2D eigenvalue weighted by molar-refractivity contribution is 5.78. The summed E-state index contributed by atoms with van der Waals surface area (Å²) < 4.78 is 19.2. The van der Waals surface area contributed by atoms with Crippen molar-refractivity contribution < 1.29 is 9.13 Å². The number of aromatic nitrogens is 1. The van der Waals surface area contributed by atoms with E-state index in [1.807, 2.05) is 38.2 Å². The van der Waals surface area contributed by atoms with Crippen LogP contribution in [0, 0.1) is 18.2 Å². The number of piperazine rings is 1. The van der Waals surface area contributed by atoms with E-state index in [0.717, 1.165) is 55.8 Å². The van der Waals surface area contributed by atoms with E-state index in [1.165, 1.54) is 38.6 Å². The van der Waals surface area contributed by atoms with Crippen molar-refractivity contribution in [3.63, 3.8) is 0 Å². The summed E-state index contributed by atoms with van der Waals surface area (Å²) >= 11 is 0. The Morgan fingerprint density at radius 1 is 1.18 bits per heavy atom. The van der Waals surface area contributed by atoms with E-state index in [9.17, 15) is 4.39 Å². The predicted octanol–water partition coefficient (Wildman–Crippen LogP) is 4.97. The lowest BCUT2D eigenvalue weighted by atomic mass is 9.78. The van der Waals surface area contributed by atoms with Crippen molar-refractivity contribution in [2.24, 2.45) is 5.41 Å². The molecule has 5 rings (SSSR count). The van der Waals surface area contributed by atoms with Gasteiger partial charge in [-0.15, -0.1) is 0 Å². The molecular formula is C28H39FN4O. The lowest BCUT2D eigenvalue weighted by Crippen LogP contribution is -2.54. The van der Waals surface area contributed by atoms with E-state index in [0.29, 0.717) is 11.0 Å². The van der Waals surface area contributed by atoms with Gasteiger partial charge in [-0.2, -0.15) is 0 Å². The fourth-order valence-electron chi connectivity index (χ4n) is 6.11. The van der Waals surface area contributed by atoms with E-state index in [2.05, 4.69) is 38.0 Å². The fourth-order valence-corrected chi connectivity index (χ4v) is 6.11. The summed E-state index contributed by atoms with van der Waals surface area (Å²) in [7, 11) is 2.24. The molecule has 34 heavy (non-hydrogen) atoms. The van der Waals surface area contributed by atoms with E-state index < -0.39 is 0 Å². The largest absolute Gasteiger partial charge is 0.502 e. The van der Waals surface area contributed by atoms with Gasteiger partial charge in [-0.05, 0) is 69.3 Å². The maximum Gasteiger partial charge on any atom is 0.136 e. The third-order valence-corrected chi connectivity index (χ3v) is 7.58. The Hall–Kier alpha value is -2.44. The number of anilines is 1. The van der Waals surface area contributed by atoms with Gasteiger partial charge in [-0.3, -0.25) is 4.90 Å². The first-order valence-electron chi connectivity index (χ1n) is 12.6. The lowest BCUT2D eigenvalue weighted by molar-refractivity contribution is 0.0204. The molecule has 1 unspecified atom stereocenters. The van der Waals surface area contributed by atoms with Gasteiger partial charge in [-0.1, -0.05) is 18.7 Å². The zero-order valence-electron chi connectivity index (χ0n) is 21.0. The van der Waals surface area contributed by atoms with Crippen LogP contribution >= 0.6 is 0 Å². The summed E-state index contributed by atoms with van der Waals surface area (Å²) in [4.78, 5) is 12.2. The molecule has 2 aliphatic heterocycles. The number of benzene rings is 1. The molecule has 1 aromatic heterocycles. The van der Waals surface area contributed by atoms with Gasteiger partial charge in [0.2, 0.25) is 0 Å². The Balaban J connectivity index is 0.000000499. The number of aryl methyl sites for hydroxylation is 1. The van der Waals surface area contributed by atoms with Crippen LogP contribution in [0.1, 0.15) is 31.7 Å². The average Bonchev–Trinajstić information content (AvgIpc) is 3.26. The molecule has 1 atom stereocenters. The van der Waals surface area contributed by atoms with Gasteiger partial charge in [0.25, 0.3) is 0 Å². The van der Waals surface area contributed by atoms with Gasteiger partial charge >= 0.3 is 0 Å². The summed E-state index contributed by atoms with van der Waals surface area (Å²) in [5.74, 6) is 0.753. The maximum atomic E-state index is 14.6. The van der Waals surface area contributed by atoms with Crippen molar-refractivity contribution in [3.8, 4) is 11.1 Å². The summed E-state index contributed by atoms with van der Waals surface area (Å²) in [6, 6.07) is 9.95. The average molecular weight is 467 g/mol. The van der Waals surface area contributed by atoms with Crippen molar-refractivity contribution in [2.75, 3.05) is 57.8 Å². The monoisotopic (exact) mass is 466 g/mol. The van der Waals surface area contributed by atoms with Crippen LogP contribution in [-0.2, 0) is 4.74 Å². The molecule has 1 aromatic carbocycles. The van der Waals surface area contributed by atoms with Crippen LogP contribution in [0.5, 0.6) is 0 Å². The highest BCUT2D eigenvalue weighted by Crippen LogP contribution is 2.46. The number of likely N-dealkylation sites (tertiary alicyclic amines) is 1. The van der Waals surface area contributed by atoms with Crippen molar-refractivity contribution in [1.82, 2.24) is 14.8 Å². The van der Waals surface area contributed by atoms with E-state index in [-0.39, 0.29) is 5.82 Å². The lowest BCUT2D eigenvalue weighted by Gasteiger charge is -2.47. The summed E-state index contributed by atoms with van der Waals surface area (Å²) in [5.41, 5.74) is 3.16. The highest BCUT2D eigenvalue weighted by Gasteiger charge is 2.48.